The van der Waals surface area contributed by atoms with Crippen LogP contribution in [-0.2, 0) is 9.47 Å². The molecule has 0 N–H and O–H groups in total. The highest BCUT2D eigenvalue weighted by Gasteiger charge is 2.15. The Morgan fingerprint density at radius 1 is 1.00 bits per heavy atom. The summed E-state index contributed by atoms with van der Waals surface area (Å²) in [5, 5.41) is 0. The third kappa shape index (κ3) is 4.60. The van der Waals surface area contributed by atoms with Crippen molar-refractivity contribution in [2.24, 2.45) is 0 Å². The summed E-state index contributed by atoms with van der Waals surface area (Å²) in [4.78, 5) is 33.2. The lowest BCUT2D eigenvalue weighted by molar-refractivity contribution is 0.0939. The molecule has 1 aromatic rings. The largest absolute Gasteiger partial charge is 0.513 e. The smallest absolute Gasteiger partial charge is 0.434 e. The van der Waals surface area contributed by atoms with Crippen LogP contribution in [0.25, 0.3) is 0 Å². The number of hydrogen-bond acceptors (Lipinski definition) is 7. The van der Waals surface area contributed by atoms with Gasteiger partial charge in [0.1, 0.15) is 6.29 Å². The number of hydrogen-bond donors (Lipinski definition) is 0. The molecule has 7 heteroatoms. The molecule has 0 aliphatic rings. The minimum Gasteiger partial charge on any atom is -0.434 e. The maximum absolute atomic E-state index is 11.3. The maximum atomic E-state index is 11.3. The van der Waals surface area contributed by atoms with E-state index in [0.717, 1.165) is 0 Å². The molecule has 0 aliphatic heterocycles. The molecule has 108 valence electrons. The minimum atomic E-state index is -0.968. The molecule has 7 nitrogen and oxygen atoms in total. The van der Waals surface area contributed by atoms with Crippen molar-refractivity contribution in [3.63, 3.8) is 0 Å². The topological polar surface area (TPSA) is 88.1 Å². The molecule has 0 aromatic heterocycles. The highest BCUT2D eigenvalue weighted by Crippen LogP contribution is 2.28. The van der Waals surface area contributed by atoms with E-state index in [0.29, 0.717) is 6.29 Å². The zero-order valence-corrected chi connectivity index (χ0v) is 11.1. The molecule has 0 unspecified atom stereocenters. The fraction of sp³-hybridized carbons (Fsp3) is 0.308. The van der Waals surface area contributed by atoms with Gasteiger partial charge in [-0.2, -0.15) is 0 Å². The highest BCUT2D eigenvalue weighted by molar-refractivity contribution is 5.78. The molecule has 1 aromatic carbocycles. The second-order valence-electron chi connectivity index (χ2n) is 3.39. The Morgan fingerprint density at radius 3 is 2.05 bits per heavy atom. The van der Waals surface area contributed by atoms with Gasteiger partial charge in [-0.1, -0.05) is 0 Å². The van der Waals surface area contributed by atoms with Crippen LogP contribution in [0.5, 0.6) is 11.5 Å². The summed E-state index contributed by atoms with van der Waals surface area (Å²) in [7, 11) is 0. The summed E-state index contributed by atoms with van der Waals surface area (Å²) in [5.41, 5.74) is 0.250. The molecule has 0 saturated heterocycles. The molecule has 0 fully saturated rings. The summed E-state index contributed by atoms with van der Waals surface area (Å²) >= 11 is 0. The van der Waals surface area contributed by atoms with E-state index in [9.17, 15) is 14.4 Å². The minimum absolute atomic E-state index is 0.0536. The fourth-order valence-electron chi connectivity index (χ4n) is 1.24. The first-order valence-electron chi connectivity index (χ1n) is 5.89. The highest BCUT2D eigenvalue weighted by atomic mass is 16.7. The van der Waals surface area contributed by atoms with Gasteiger partial charge in [-0.15, -0.1) is 0 Å². The molecule has 0 spiro atoms. The first-order valence-corrected chi connectivity index (χ1v) is 5.89. The Labute approximate surface area is 115 Å². The summed E-state index contributed by atoms with van der Waals surface area (Å²) in [6.07, 6.45) is -1.35. The van der Waals surface area contributed by atoms with E-state index in [-0.39, 0.29) is 30.3 Å². The SMILES string of the molecule is CCOC(=O)Oc1ccc(C=O)cc1OC(=O)OCC. The van der Waals surface area contributed by atoms with Crippen LogP contribution < -0.4 is 9.47 Å². The van der Waals surface area contributed by atoms with Crippen LogP contribution in [0.2, 0.25) is 0 Å². The lowest BCUT2D eigenvalue weighted by Gasteiger charge is -2.10. The molecule has 1 rings (SSSR count). The summed E-state index contributed by atoms with van der Waals surface area (Å²) in [6, 6.07) is 3.97. The van der Waals surface area contributed by atoms with E-state index >= 15 is 0 Å². The van der Waals surface area contributed by atoms with Crippen LogP contribution in [0.3, 0.4) is 0 Å². The second kappa shape index (κ2) is 7.78. The molecule has 0 heterocycles. The van der Waals surface area contributed by atoms with Crippen LogP contribution in [0, 0.1) is 0 Å². The Bertz CT molecular complexity index is 495. The van der Waals surface area contributed by atoms with Crippen LogP contribution in [0.4, 0.5) is 9.59 Å². The van der Waals surface area contributed by atoms with E-state index in [1.807, 2.05) is 0 Å². The first kappa shape index (κ1) is 15.5. The van der Waals surface area contributed by atoms with Gasteiger partial charge >= 0.3 is 12.3 Å². The second-order valence-corrected chi connectivity index (χ2v) is 3.39. The van der Waals surface area contributed by atoms with E-state index in [2.05, 4.69) is 9.47 Å². The van der Waals surface area contributed by atoms with Crippen molar-refractivity contribution in [1.29, 1.82) is 0 Å². The molecule has 0 aliphatic carbocycles. The number of benzene rings is 1. The summed E-state index contributed by atoms with van der Waals surface area (Å²) < 4.78 is 18.9. The zero-order chi connectivity index (χ0) is 15.0. The van der Waals surface area contributed by atoms with Crippen molar-refractivity contribution < 1.29 is 33.3 Å². The molecule has 0 bridgehead atoms. The first-order chi connectivity index (χ1) is 9.60. The van der Waals surface area contributed by atoms with Gasteiger partial charge in [0.05, 0.1) is 13.2 Å². The van der Waals surface area contributed by atoms with Crippen molar-refractivity contribution in [1.82, 2.24) is 0 Å². The van der Waals surface area contributed by atoms with Crippen LogP contribution in [0.15, 0.2) is 18.2 Å². The lowest BCUT2D eigenvalue weighted by Crippen LogP contribution is -2.14. The van der Waals surface area contributed by atoms with Crippen LogP contribution >= 0.6 is 0 Å². The predicted octanol–water partition coefficient (Wildman–Crippen LogP) is 2.57. The molecule has 0 amide bonds. The lowest BCUT2D eigenvalue weighted by atomic mass is 10.2. The van der Waals surface area contributed by atoms with Gasteiger partial charge in [-0.05, 0) is 32.0 Å². The average Bonchev–Trinajstić information content (AvgIpc) is 2.41. The van der Waals surface area contributed by atoms with Crippen molar-refractivity contribution in [3.05, 3.63) is 23.8 Å². The van der Waals surface area contributed by atoms with Gasteiger partial charge in [-0.3, -0.25) is 4.79 Å². The van der Waals surface area contributed by atoms with E-state index in [1.165, 1.54) is 18.2 Å². The standard InChI is InChI=1S/C13H14O7/c1-3-17-12(15)19-10-6-5-9(8-14)7-11(10)20-13(16)18-4-2/h5-8H,3-4H2,1-2H3. The molecule has 0 atom stereocenters. The number of carbonyl (C=O) groups excluding carboxylic acids is 3. The van der Waals surface area contributed by atoms with Crippen molar-refractivity contribution in [2.75, 3.05) is 13.2 Å². The Hall–Kier alpha value is -2.57. The quantitative estimate of drug-likeness (QED) is 0.466. The third-order valence-corrected chi connectivity index (χ3v) is 2.01. The zero-order valence-electron chi connectivity index (χ0n) is 11.1. The summed E-state index contributed by atoms with van der Waals surface area (Å²) in [5.74, 6) is -0.164. The molecule has 0 saturated carbocycles. The monoisotopic (exact) mass is 282 g/mol. The molecular weight excluding hydrogens is 268 g/mol. The van der Waals surface area contributed by atoms with Gasteiger partial charge in [0.15, 0.2) is 11.5 Å². The number of aldehydes is 1. The van der Waals surface area contributed by atoms with Gasteiger partial charge < -0.3 is 18.9 Å². The number of ether oxygens (including phenoxy) is 4. The van der Waals surface area contributed by atoms with E-state index < -0.39 is 12.3 Å². The Balaban J connectivity index is 2.94. The number of carbonyl (C=O) groups is 3. The average molecular weight is 282 g/mol. The van der Waals surface area contributed by atoms with Gasteiger partial charge in [0.2, 0.25) is 0 Å². The normalized spacial score (nSPS) is 9.50. The van der Waals surface area contributed by atoms with Crippen molar-refractivity contribution in [2.45, 2.75) is 13.8 Å². The van der Waals surface area contributed by atoms with Crippen molar-refractivity contribution in [3.8, 4) is 11.5 Å². The maximum Gasteiger partial charge on any atom is 0.513 e. The van der Waals surface area contributed by atoms with E-state index in [1.54, 1.807) is 13.8 Å². The van der Waals surface area contributed by atoms with Crippen molar-refractivity contribution >= 4 is 18.6 Å². The number of rotatable bonds is 5. The summed E-state index contributed by atoms with van der Waals surface area (Å²) in [6.45, 7) is 3.49. The van der Waals surface area contributed by atoms with Crippen LogP contribution in [-0.4, -0.2) is 31.8 Å². The van der Waals surface area contributed by atoms with E-state index in [4.69, 9.17) is 9.47 Å². The Kier molecular flexibility index (Phi) is 6.02. The Morgan fingerprint density at radius 2 is 1.55 bits per heavy atom. The van der Waals surface area contributed by atoms with Crippen LogP contribution in [0.1, 0.15) is 24.2 Å². The molecule has 20 heavy (non-hydrogen) atoms. The van der Waals surface area contributed by atoms with Gasteiger partial charge in [-0.25, -0.2) is 9.59 Å². The van der Waals surface area contributed by atoms with Gasteiger partial charge in [0, 0.05) is 5.56 Å². The van der Waals surface area contributed by atoms with Gasteiger partial charge in [0.25, 0.3) is 0 Å². The third-order valence-electron chi connectivity index (χ3n) is 2.01. The molecule has 0 radical (unpaired) electrons. The predicted molar refractivity (Wildman–Crippen MR) is 67.1 cm³/mol. The fourth-order valence-corrected chi connectivity index (χ4v) is 1.24. The molecular formula is C13H14O7.